The maximum absolute atomic E-state index is 13.0. The Labute approximate surface area is 549 Å². The number of carbonyl (C=O) groups excluding carboxylic acids is 4. The molecule has 0 aromatic rings. The summed E-state index contributed by atoms with van der Waals surface area (Å²) in [6.07, 6.45) is 48.5. The van der Waals surface area contributed by atoms with E-state index in [1.807, 2.05) is 0 Å². The van der Waals surface area contributed by atoms with E-state index >= 15 is 0 Å². The van der Waals surface area contributed by atoms with E-state index in [0.29, 0.717) is 25.7 Å². The molecule has 0 fully saturated rings. The molecule has 0 aliphatic carbocycles. The number of esters is 4. The van der Waals surface area contributed by atoms with Crippen LogP contribution in [0.1, 0.15) is 363 Å². The Morgan fingerprint density at radius 1 is 0.300 bits per heavy atom. The third kappa shape index (κ3) is 64.8. The van der Waals surface area contributed by atoms with E-state index in [1.165, 1.54) is 173 Å². The van der Waals surface area contributed by atoms with Gasteiger partial charge in [-0.25, -0.2) is 9.13 Å². The van der Waals surface area contributed by atoms with Gasteiger partial charge in [-0.05, 0) is 37.5 Å². The van der Waals surface area contributed by atoms with Crippen LogP contribution >= 0.6 is 15.6 Å². The van der Waals surface area contributed by atoms with Crippen molar-refractivity contribution in [3.63, 3.8) is 0 Å². The molecule has 0 bridgehead atoms. The van der Waals surface area contributed by atoms with Crippen molar-refractivity contribution in [1.82, 2.24) is 0 Å². The standard InChI is InChI=1S/C71H138O17P2/c1-7-9-11-13-15-17-18-19-20-21-24-31-37-43-49-55-70(75)88-67(60-82-69(74)54-48-42-36-30-25-22-23-28-33-39-45-51-63(3)4)62-86-90(79,80)84-58-65(72)57-83-89(77,78)85-61-66(59-81-68(73)53-47-41-35-16-14-12-10-8-2)87-71(76)56-50-44-38-32-27-26-29-34-40-46-52-64(5)6/h63-67,72H,7-62H2,1-6H3,(H,77,78)(H,79,80)/t65-,66+,67+/m0/s1. The Morgan fingerprint density at radius 3 is 0.756 bits per heavy atom. The third-order valence-corrected chi connectivity index (χ3v) is 18.4. The minimum Gasteiger partial charge on any atom is -0.462 e. The average Bonchev–Trinajstić information content (AvgIpc) is 3.72. The molecule has 0 spiro atoms. The number of hydrogen-bond acceptors (Lipinski definition) is 15. The molecule has 0 rings (SSSR count). The summed E-state index contributed by atoms with van der Waals surface area (Å²) in [5.41, 5.74) is 0. The van der Waals surface area contributed by atoms with Crippen LogP contribution in [0.2, 0.25) is 0 Å². The van der Waals surface area contributed by atoms with Crippen molar-refractivity contribution in [3.05, 3.63) is 0 Å². The highest BCUT2D eigenvalue weighted by Crippen LogP contribution is 2.45. The van der Waals surface area contributed by atoms with E-state index in [0.717, 1.165) is 108 Å². The minimum atomic E-state index is -4.95. The number of hydrogen-bond donors (Lipinski definition) is 3. The zero-order valence-corrected chi connectivity index (χ0v) is 60.2. The Morgan fingerprint density at radius 2 is 0.511 bits per heavy atom. The van der Waals surface area contributed by atoms with Crippen molar-refractivity contribution in [2.45, 2.75) is 381 Å². The average molecular weight is 1330 g/mol. The molecule has 0 aromatic heterocycles. The highest BCUT2D eigenvalue weighted by molar-refractivity contribution is 7.47. The molecule has 90 heavy (non-hydrogen) atoms. The number of unbranched alkanes of at least 4 members (excludes halogenated alkanes) is 40. The van der Waals surface area contributed by atoms with Gasteiger partial charge in [0.25, 0.3) is 0 Å². The number of ether oxygens (including phenoxy) is 4. The fourth-order valence-corrected chi connectivity index (χ4v) is 12.3. The Balaban J connectivity index is 5.23. The molecule has 5 atom stereocenters. The van der Waals surface area contributed by atoms with Crippen molar-refractivity contribution in [3.8, 4) is 0 Å². The van der Waals surface area contributed by atoms with Crippen molar-refractivity contribution in [2.75, 3.05) is 39.6 Å². The van der Waals surface area contributed by atoms with Crippen LogP contribution in [0.15, 0.2) is 0 Å². The van der Waals surface area contributed by atoms with Gasteiger partial charge in [0.2, 0.25) is 0 Å². The van der Waals surface area contributed by atoms with Crippen LogP contribution < -0.4 is 0 Å². The van der Waals surface area contributed by atoms with Gasteiger partial charge in [-0.3, -0.25) is 37.3 Å². The highest BCUT2D eigenvalue weighted by Gasteiger charge is 2.30. The van der Waals surface area contributed by atoms with Gasteiger partial charge in [0.1, 0.15) is 19.3 Å². The summed E-state index contributed by atoms with van der Waals surface area (Å²) < 4.78 is 68.3. The van der Waals surface area contributed by atoms with Gasteiger partial charge >= 0.3 is 39.5 Å². The van der Waals surface area contributed by atoms with Gasteiger partial charge < -0.3 is 33.8 Å². The first-order valence-electron chi connectivity index (χ1n) is 37.0. The quantitative estimate of drug-likeness (QED) is 0.0222. The fourth-order valence-electron chi connectivity index (χ4n) is 10.8. The number of carbonyl (C=O) groups is 4. The first kappa shape index (κ1) is 88.1. The van der Waals surface area contributed by atoms with Crippen LogP contribution in [0.5, 0.6) is 0 Å². The van der Waals surface area contributed by atoms with Crippen LogP contribution in [-0.4, -0.2) is 96.7 Å². The lowest BCUT2D eigenvalue weighted by atomic mass is 10.0. The van der Waals surface area contributed by atoms with Crippen LogP contribution in [0.4, 0.5) is 0 Å². The summed E-state index contributed by atoms with van der Waals surface area (Å²) in [6.45, 7) is 9.53. The number of phosphoric acid groups is 2. The molecular formula is C71H138O17P2. The topological polar surface area (TPSA) is 237 Å². The predicted molar refractivity (Wildman–Crippen MR) is 363 cm³/mol. The summed E-state index contributed by atoms with van der Waals surface area (Å²) in [6, 6.07) is 0. The lowest BCUT2D eigenvalue weighted by Gasteiger charge is -2.21. The SMILES string of the molecule is CCCCCCCCCCCCCCCCCC(=O)O[C@H](COC(=O)CCCCCCCCCCCCCC(C)C)COP(=O)(O)OC[C@@H](O)COP(=O)(O)OC[C@@H](COC(=O)CCCCCCCCCC)OC(=O)CCCCCCCCCCCCC(C)C. The van der Waals surface area contributed by atoms with E-state index in [-0.39, 0.29) is 25.7 Å². The van der Waals surface area contributed by atoms with Crippen LogP contribution in [0, 0.1) is 11.8 Å². The Hall–Kier alpha value is -1.94. The van der Waals surface area contributed by atoms with Gasteiger partial charge in [-0.1, -0.05) is 311 Å². The normalized spacial score (nSPS) is 14.1. The van der Waals surface area contributed by atoms with Crippen molar-refractivity contribution < 1.29 is 80.2 Å². The van der Waals surface area contributed by atoms with Crippen molar-refractivity contribution in [2.24, 2.45) is 11.8 Å². The second-order valence-electron chi connectivity index (χ2n) is 26.6. The van der Waals surface area contributed by atoms with Gasteiger partial charge in [0.05, 0.1) is 26.4 Å². The molecule has 3 N–H and O–H groups in total. The number of aliphatic hydroxyl groups excluding tert-OH is 1. The number of rotatable bonds is 70. The molecule has 0 aliphatic rings. The Bertz CT molecular complexity index is 1750. The summed E-state index contributed by atoms with van der Waals surface area (Å²) in [7, 11) is -9.90. The molecule has 0 radical (unpaired) electrons. The van der Waals surface area contributed by atoms with E-state index in [2.05, 4.69) is 41.5 Å². The molecule has 0 saturated carbocycles. The van der Waals surface area contributed by atoms with Crippen LogP contribution in [0.25, 0.3) is 0 Å². The molecule has 0 heterocycles. The van der Waals surface area contributed by atoms with Gasteiger partial charge in [-0.15, -0.1) is 0 Å². The molecule has 17 nitrogen and oxygen atoms in total. The minimum absolute atomic E-state index is 0.106. The van der Waals surface area contributed by atoms with Crippen LogP contribution in [-0.2, 0) is 65.4 Å². The highest BCUT2D eigenvalue weighted by atomic mass is 31.2. The second-order valence-corrected chi connectivity index (χ2v) is 29.5. The summed E-state index contributed by atoms with van der Waals surface area (Å²) in [4.78, 5) is 72.5. The molecular weight excluding hydrogens is 1190 g/mol. The van der Waals surface area contributed by atoms with Crippen LogP contribution in [0.3, 0.4) is 0 Å². The molecule has 0 aliphatic heterocycles. The Kier molecular flexibility index (Phi) is 61.8. The molecule has 19 heteroatoms. The fraction of sp³-hybridized carbons (Fsp3) is 0.944. The van der Waals surface area contributed by atoms with E-state index < -0.39 is 97.5 Å². The molecule has 0 amide bonds. The predicted octanol–water partition coefficient (Wildman–Crippen LogP) is 20.4. The van der Waals surface area contributed by atoms with Crippen molar-refractivity contribution in [1.29, 1.82) is 0 Å². The molecule has 2 unspecified atom stereocenters. The molecule has 0 saturated heterocycles. The summed E-state index contributed by atoms with van der Waals surface area (Å²) >= 11 is 0. The zero-order chi connectivity index (χ0) is 66.5. The number of phosphoric ester groups is 2. The maximum Gasteiger partial charge on any atom is 0.472 e. The summed E-state index contributed by atoms with van der Waals surface area (Å²) in [5, 5.41) is 10.6. The second kappa shape index (κ2) is 63.1. The maximum atomic E-state index is 13.0. The zero-order valence-electron chi connectivity index (χ0n) is 58.4. The molecule has 0 aromatic carbocycles. The number of aliphatic hydroxyl groups is 1. The third-order valence-electron chi connectivity index (χ3n) is 16.5. The molecule has 534 valence electrons. The first-order valence-corrected chi connectivity index (χ1v) is 40.0. The van der Waals surface area contributed by atoms with E-state index in [9.17, 15) is 43.2 Å². The lowest BCUT2D eigenvalue weighted by molar-refractivity contribution is -0.161. The van der Waals surface area contributed by atoms with Crippen molar-refractivity contribution >= 4 is 39.5 Å². The van der Waals surface area contributed by atoms with E-state index in [4.69, 9.17) is 37.0 Å². The largest absolute Gasteiger partial charge is 0.472 e. The van der Waals surface area contributed by atoms with E-state index in [1.54, 1.807) is 0 Å². The van der Waals surface area contributed by atoms with Gasteiger partial charge in [0.15, 0.2) is 12.2 Å². The lowest BCUT2D eigenvalue weighted by Crippen LogP contribution is -2.30. The monoisotopic (exact) mass is 1320 g/mol. The van der Waals surface area contributed by atoms with Gasteiger partial charge in [0, 0.05) is 25.7 Å². The summed E-state index contributed by atoms with van der Waals surface area (Å²) in [5.74, 6) is -0.600. The van der Waals surface area contributed by atoms with Gasteiger partial charge in [-0.2, -0.15) is 0 Å². The smallest absolute Gasteiger partial charge is 0.462 e. The first-order chi connectivity index (χ1) is 43.4.